The number of hydrogen-bond donors (Lipinski definition) is 1. The SMILES string of the molecule is Cc1nc(C2C3CNCC32OC(=O)C(F)(F)F)cs1. The zero-order valence-electron chi connectivity index (χ0n) is 9.95. The average molecular weight is 292 g/mol. The lowest BCUT2D eigenvalue weighted by molar-refractivity contribution is -0.207. The van der Waals surface area contributed by atoms with Crippen molar-refractivity contribution in [3.63, 3.8) is 0 Å². The highest BCUT2D eigenvalue weighted by atomic mass is 32.1. The Kier molecular flexibility index (Phi) is 2.66. The Morgan fingerprint density at radius 3 is 2.95 bits per heavy atom. The van der Waals surface area contributed by atoms with E-state index in [0.717, 1.165) is 10.7 Å². The molecule has 3 unspecified atom stereocenters. The van der Waals surface area contributed by atoms with Crippen LogP contribution in [0.25, 0.3) is 0 Å². The summed E-state index contributed by atoms with van der Waals surface area (Å²) in [6, 6.07) is 0. The molecule has 4 nitrogen and oxygen atoms in total. The molecular weight excluding hydrogens is 281 g/mol. The van der Waals surface area contributed by atoms with E-state index in [0.29, 0.717) is 6.54 Å². The predicted molar refractivity (Wildman–Crippen MR) is 60.8 cm³/mol. The lowest BCUT2D eigenvalue weighted by Crippen LogP contribution is -2.35. The second-order valence-corrected chi connectivity index (χ2v) is 5.91. The molecule has 0 bridgehead atoms. The molecule has 8 heteroatoms. The van der Waals surface area contributed by atoms with Crippen LogP contribution in [0.15, 0.2) is 5.38 Å². The Labute approximate surface area is 111 Å². The maximum Gasteiger partial charge on any atom is 0.490 e. The molecule has 1 aliphatic carbocycles. The van der Waals surface area contributed by atoms with Gasteiger partial charge in [0.05, 0.1) is 16.6 Å². The van der Waals surface area contributed by atoms with Crippen LogP contribution >= 0.6 is 11.3 Å². The van der Waals surface area contributed by atoms with Crippen molar-refractivity contribution in [3.05, 3.63) is 16.1 Å². The molecule has 1 saturated heterocycles. The van der Waals surface area contributed by atoms with E-state index in [2.05, 4.69) is 10.3 Å². The van der Waals surface area contributed by atoms with Gasteiger partial charge in [-0.3, -0.25) is 0 Å². The number of hydrogen-bond acceptors (Lipinski definition) is 5. The van der Waals surface area contributed by atoms with Crippen molar-refractivity contribution < 1.29 is 22.7 Å². The molecule has 1 N–H and O–H groups in total. The van der Waals surface area contributed by atoms with Crippen molar-refractivity contribution in [3.8, 4) is 0 Å². The molecule has 1 saturated carbocycles. The fourth-order valence-corrected chi connectivity index (χ4v) is 3.48. The minimum atomic E-state index is -4.95. The minimum Gasteiger partial charge on any atom is -0.450 e. The standard InChI is InChI=1S/C11H11F3N2O2S/c1-5-16-7(3-19-5)8-6-2-15-4-10(6,8)18-9(17)11(12,13)14/h3,6,8,15H,2,4H2,1H3. The minimum absolute atomic E-state index is 0.111. The monoisotopic (exact) mass is 292 g/mol. The summed E-state index contributed by atoms with van der Waals surface area (Å²) in [5.74, 6) is -2.44. The van der Waals surface area contributed by atoms with Gasteiger partial charge in [0.25, 0.3) is 0 Å². The predicted octanol–water partition coefficient (Wildman–Crippen LogP) is 1.61. The van der Waals surface area contributed by atoms with Crippen LogP contribution in [0.4, 0.5) is 13.2 Å². The number of esters is 1. The third-order valence-electron chi connectivity index (χ3n) is 3.68. The quantitative estimate of drug-likeness (QED) is 0.842. The van der Waals surface area contributed by atoms with Gasteiger partial charge in [0.1, 0.15) is 5.60 Å². The summed E-state index contributed by atoms with van der Waals surface area (Å²) >= 11 is 1.44. The van der Waals surface area contributed by atoms with Crippen molar-refractivity contribution in [1.82, 2.24) is 10.3 Å². The van der Waals surface area contributed by atoms with E-state index in [9.17, 15) is 18.0 Å². The number of aryl methyl sites for hydroxylation is 1. The normalized spacial score (nSPS) is 33.1. The number of aromatic nitrogens is 1. The lowest BCUT2D eigenvalue weighted by atomic mass is 10.2. The van der Waals surface area contributed by atoms with Gasteiger partial charge in [-0.15, -0.1) is 11.3 Å². The van der Waals surface area contributed by atoms with Crippen LogP contribution in [-0.2, 0) is 9.53 Å². The first-order valence-electron chi connectivity index (χ1n) is 5.77. The van der Waals surface area contributed by atoms with E-state index in [1.165, 1.54) is 11.3 Å². The fraction of sp³-hybridized carbons (Fsp3) is 0.636. The lowest BCUT2D eigenvalue weighted by Gasteiger charge is -2.17. The Morgan fingerprint density at radius 2 is 2.37 bits per heavy atom. The molecule has 0 amide bonds. The van der Waals surface area contributed by atoms with Crippen molar-refractivity contribution in [2.75, 3.05) is 13.1 Å². The van der Waals surface area contributed by atoms with Crippen LogP contribution in [0.2, 0.25) is 0 Å². The Morgan fingerprint density at radius 1 is 1.63 bits per heavy atom. The number of carbonyl (C=O) groups is 1. The molecule has 1 aliphatic heterocycles. The Bertz CT molecular complexity index is 530. The van der Waals surface area contributed by atoms with Gasteiger partial charge in [-0.25, -0.2) is 9.78 Å². The highest BCUT2D eigenvalue weighted by Gasteiger charge is 2.72. The van der Waals surface area contributed by atoms with Crippen molar-refractivity contribution in [1.29, 1.82) is 0 Å². The van der Waals surface area contributed by atoms with Crippen LogP contribution < -0.4 is 5.32 Å². The van der Waals surface area contributed by atoms with Gasteiger partial charge in [-0.1, -0.05) is 0 Å². The molecule has 19 heavy (non-hydrogen) atoms. The number of alkyl halides is 3. The summed E-state index contributed by atoms with van der Waals surface area (Å²) in [6.45, 7) is 2.63. The molecule has 104 valence electrons. The molecule has 2 heterocycles. The van der Waals surface area contributed by atoms with Gasteiger partial charge in [0, 0.05) is 24.4 Å². The maximum atomic E-state index is 12.3. The highest BCUT2D eigenvalue weighted by molar-refractivity contribution is 7.09. The van der Waals surface area contributed by atoms with Crippen molar-refractivity contribution in [2.24, 2.45) is 5.92 Å². The summed E-state index contributed by atoms with van der Waals surface area (Å²) < 4.78 is 41.7. The molecule has 0 aromatic carbocycles. The van der Waals surface area contributed by atoms with E-state index < -0.39 is 17.7 Å². The zero-order chi connectivity index (χ0) is 13.8. The zero-order valence-corrected chi connectivity index (χ0v) is 10.8. The van der Waals surface area contributed by atoms with Gasteiger partial charge in [-0.2, -0.15) is 13.2 Å². The number of piperidine rings is 1. The Hall–Kier alpha value is -1.15. The third-order valence-corrected chi connectivity index (χ3v) is 4.47. The van der Waals surface area contributed by atoms with Crippen molar-refractivity contribution >= 4 is 17.3 Å². The summed E-state index contributed by atoms with van der Waals surface area (Å²) in [4.78, 5) is 15.3. The van der Waals surface area contributed by atoms with Gasteiger partial charge < -0.3 is 10.1 Å². The summed E-state index contributed by atoms with van der Waals surface area (Å²) in [7, 11) is 0. The number of halogens is 3. The second-order valence-electron chi connectivity index (χ2n) is 4.85. The van der Waals surface area contributed by atoms with Crippen LogP contribution in [0, 0.1) is 12.8 Å². The number of ether oxygens (including phenoxy) is 1. The van der Waals surface area contributed by atoms with E-state index in [1.54, 1.807) is 0 Å². The first-order chi connectivity index (χ1) is 8.84. The fourth-order valence-electron chi connectivity index (χ4n) is 2.83. The van der Waals surface area contributed by atoms with Gasteiger partial charge >= 0.3 is 12.1 Å². The topological polar surface area (TPSA) is 51.2 Å². The van der Waals surface area contributed by atoms with Crippen LogP contribution in [0.3, 0.4) is 0 Å². The summed E-state index contributed by atoms with van der Waals surface area (Å²) in [6.07, 6.45) is -4.95. The molecule has 1 aromatic heterocycles. The molecule has 0 radical (unpaired) electrons. The molecule has 3 rings (SSSR count). The van der Waals surface area contributed by atoms with Crippen molar-refractivity contribution in [2.45, 2.75) is 24.6 Å². The summed E-state index contributed by atoms with van der Waals surface area (Å²) in [5, 5.41) is 5.63. The van der Waals surface area contributed by atoms with Crippen LogP contribution in [0.1, 0.15) is 16.6 Å². The molecular formula is C11H11F3N2O2S. The van der Waals surface area contributed by atoms with E-state index in [4.69, 9.17) is 4.74 Å². The number of carbonyl (C=O) groups excluding carboxylic acids is 1. The largest absolute Gasteiger partial charge is 0.490 e. The Balaban J connectivity index is 1.81. The van der Waals surface area contributed by atoms with E-state index in [1.807, 2.05) is 12.3 Å². The molecule has 2 fully saturated rings. The van der Waals surface area contributed by atoms with E-state index >= 15 is 0 Å². The second kappa shape index (κ2) is 3.92. The number of thiazole rings is 1. The van der Waals surface area contributed by atoms with Gasteiger partial charge in [-0.05, 0) is 6.92 Å². The number of rotatable bonds is 2. The number of nitrogens with zero attached hydrogens (tertiary/aromatic N) is 1. The summed E-state index contributed by atoms with van der Waals surface area (Å²) in [5.41, 5.74) is -0.336. The highest BCUT2D eigenvalue weighted by Crippen LogP contribution is 2.62. The van der Waals surface area contributed by atoms with E-state index in [-0.39, 0.29) is 18.4 Å². The maximum absolute atomic E-state index is 12.3. The number of fused-ring (bicyclic) bond motifs is 1. The van der Waals surface area contributed by atoms with Crippen LogP contribution in [0.5, 0.6) is 0 Å². The van der Waals surface area contributed by atoms with Gasteiger partial charge in [0.15, 0.2) is 0 Å². The number of nitrogens with one attached hydrogen (secondary N) is 1. The van der Waals surface area contributed by atoms with Gasteiger partial charge in [0.2, 0.25) is 0 Å². The van der Waals surface area contributed by atoms with Crippen LogP contribution in [-0.4, -0.2) is 35.8 Å². The molecule has 3 atom stereocenters. The third kappa shape index (κ3) is 1.93. The molecule has 0 spiro atoms. The smallest absolute Gasteiger partial charge is 0.450 e. The molecule has 2 aliphatic rings. The first-order valence-corrected chi connectivity index (χ1v) is 6.65. The first kappa shape index (κ1) is 12.9. The molecule has 1 aromatic rings. The average Bonchev–Trinajstić information content (AvgIpc) is 2.68.